The zero-order valence-electron chi connectivity index (χ0n) is 12.9. The maximum absolute atomic E-state index is 11.3. The molecule has 20 heavy (non-hydrogen) atoms. The van der Waals surface area contributed by atoms with Crippen LogP contribution in [0.3, 0.4) is 0 Å². The molecule has 0 aliphatic heterocycles. The first-order valence-corrected chi connectivity index (χ1v) is 9.43. The minimum Gasteiger partial charge on any atom is -0.316 e. The molecule has 1 atom stereocenters. The van der Waals surface area contributed by atoms with Gasteiger partial charge in [-0.3, -0.25) is 0 Å². The van der Waals surface area contributed by atoms with Crippen molar-refractivity contribution in [2.24, 2.45) is 0 Å². The second-order valence-corrected chi connectivity index (χ2v) is 7.77. The average Bonchev–Trinajstić information content (AvgIpc) is 2.42. The van der Waals surface area contributed by atoms with Gasteiger partial charge in [-0.05, 0) is 31.4 Å². The largest absolute Gasteiger partial charge is 0.316 e. The summed E-state index contributed by atoms with van der Waals surface area (Å²) < 4.78 is 22.7. The molecule has 1 aromatic rings. The van der Waals surface area contributed by atoms with Crippen LogP contribution in [0.2, 0.25) is 0 Å². The van der Waals surface area contributed by atoms with Crippen LogP contribution in [0, 0.1) is 0 Å². The summed E-state index contributed by atoms with van der Waals surface area (Å²) in [6.45, 7) is 6.11. The molecule has 0 aliphatic carbocycles. The minimum absolute atomic E-state index is 0.0297. The molecule has 0 bridgehead atoms. The predicted octanol–water partition coefficient (Wildman–Crippen LogP) is 2.77. The van der Waals surface area contributed by atoms with Gasteiger partial charge >= 0.3 is 0 Å². The number of likely N-dealkylation sites (N-methyl/N-ethyl adjacent to an activating group) is 1. The first-order valence-electron chi connectivity index (χ1n) is 7.37. The molecule has 0 spiro atoms. The quantitative estimate of drug-likeness (QED) is 0.762. The normalized spacial score (nSPS) is 14.9. The van der Waals surface area contributed by atoms with E-state index in [9.17, 15) is 8.42 Å². The number of sulfone groups is 1. The van der Waals surface area contributed by atoms with Gasteiger partial charge in [-0.15, -0.1) is 0 Å². The van der Waals surface area contributed by atoms with Gasteiger partial charge in [0.05, 0.1) is 0 Å². The average molecular weight is 297 g/mol. The first kappa shape index (κ1) is 17.2. The van der Waals surface area contributed by atoms with E-state index < -0.39 is 9.84 Å². The van der Waals surface area contributed by atoms with E-state index in [2.05, 4.69) is 43.4 Å². The Hall–Kier alpha value is -0.870. The molecule has 1 N–H and O–H groups in total. The number of benzene rings is 1. The lowest BCUT2D eigenvalue weighted by molar-refractivity contribution is 0.354. The topological polar surface area (TPSA) is 46.2 Å². The van der Waals surface area contributed by atoms with Crippen molar-refractivity contribution in [1.82, 2.24) is 5.32 Å². The predicted molar refractivity (Wildman–Crippen MR) is 85.9 cm³/mol. The maximum Gasteiger partial charge on any atom is 0.147 e. The zero-order chi connectivity index (χ0) is 15.1. The lowest BCUT2D eigenvalue weighted by atomic mass is 9.74. The Morgan fingerprint density at radius 1 is 1.15 bits per heavy atom. The second-order valence-electron chi connectivity index (χ2n) is 5.51. The van der Waals surface area contributed by atoms with Gasteiger partial charge in [-0.25, -0.2) is 8.42 Å². The number of hydrogen-bond acceptors (Lipinski definition) is 3. The summed E-state index contributed by atoms with van der Waals surface area (Å²) in [5, 5.41) is 3.44. The Labute approximate surface area is 123 Å². The Kier molecular flexibility index (Phi) is 6.69. The van der Waals surface area contributed by atoms with Gasteiger partial charge in [-0.1, -0.05) is 44.2 Å². The molecule has 0 saturated heterocycles. The lowest BCUT2D eigenvalue weighted by Gasteiger charge is -2.34. The molecule has 4 heteroatoms. The molecule has 0 aliphatic rings. The summed E-state index contributed by atoms with van der Waals surface area (Å²) in [7, 11) is -2.88. The molecular weight excluding hydrogens is 270 g/mol. The van der Waals surface area contributed by atoms with Crippen LogP contribution in [0.1, 0.15) is 38.7 Å². The highest BCUT2D eigenvalue weighted by Crippen LogP contribution is 2.32. The van der Waals surface area contributed by atoms with E-state index in [1.54, 1.807) is 0 Å². The van der Waals surface area contributed by atoms with Gasteiger partial charge < -0.3 is 5.32 Å². The summed E-state index contributed by atoms with van der Waals surface area (Å²) in [6.07, 6.45) is 3.93. The summed E-state index contributed by atoms with van der Waals surface area (Å²) in [6, 6.07) is 10.4. The van der Waals surface area contributed by atoms with E-state index in [0.717, 1.165) is 25.9 Å². The van der Waals surface area contributed by atoms with Gasteiger partial charge in [0.2, 0.25) is 0 Å². The molecule has 0 amide bonds. The van der Waals surface area contributed by atoms with E-state index in [1.165, 1.54) is 11.8 Å². The third-order valence-corrected chi connectivity index (χ3v) is 4.98. The van der Waals surface area contributed by atoms with Gasteiger partial charge in [0, 0.05) is 24.0 Å². The Bertz CT molecular complexity index is 484. The van der Waals surface area contributed by atoms with Crippen LogP contribution in [0.25, 0.3) is 0 Å². The van der Waals surface area contributed by atoms with Gasteiger partial charge in [0.15, 0.2) is 0 Å². The van der Waals surface area contributed by atoms with Crippen LogP contribution < -0.4 is 5.32 Å². The number of hydrogen-bond donors (Lipinski definition) is 1. The smallest absolute Gasteiger partial charge is 0.147 e. The Morgan fingerprint density at radius 2 is 1.80 bits per heavy atom. The Balaban J connectivity index is 2.88. The Morgan fingerprint density at radius 3 is 2.30 bits per heavy atom. The van der Waals surface area contributed by atoms with Crippen molar-refractivity contribution < 1.29 is 8.42 Å². The van der Waals surface area contributed by atoms with Gasteiger partial charge in [0.25, 0.3) is 0 Å². The van der Waals surface area contributed by atoms with Crippen molar-refractivity contribution >= 4 is 9.84 Å². The molecular formula is C16H27NO2S. The molecule has 1 unspecified atom stereocenters. The van der Waals surface area contributed by atoms with Gasteiger partial charge in [-0.2, -0.15) is 0 Å². The summed E-state index contributed by atoms with van der Waals surface area (Å²) in [5.74, 6) is 0.272. The van der Waals surface area contributed by atoms with Crippen molar-refractivity contribution in [1.29, 1.82) is 0 Å². The monoisotopic (exact) mass is 297 g/mol. The highest BCUT2D eigenvalue weighted by atomic mass is 32.2. The maximum atomic E-state index is 11.3. The summed E-state index contributed by atoms with van der Waals surface area (Å²) in [5.41, 5.74) is 1.33. The third-order valence-electron chi connectivity index (χ3n) is 3.95. The third kappa shape index (κ3) is 5.25. The van der Waals surface area contributed by atoms with E-state index in [-0.39, 0.29) is 11.2 Å². The van der Waals surface area contributed by atoms with E-state index in [4.69, 9.17) is 0 Å². The molecule has 3 nitrogen and oxygen atoms in total. The summed E-state index contributed by atoms with van der Waals surface area (Å²) in [4.78, 5) is 0. The fraction of sp³-hybridized carbons (Fsp3) is 0.625. The van der Waals surface area contributed by atoms with Crippen molar-refractivity contribution in [2.75, 3.05) is 25.1 Å². The van der Waals surface area contributed by atoms with E-state index >= 15 is 0 Å². The molecule has 0 fully saturated rings. The lowest BCUT2D eigenvalue weighted by Crippen LogP contribution is -2.38. The van der Waals surface area contributed by atoms with Crippen LogP contribution in [0.5, 0.6) is 0 Å². The highest BCUT2D eigenvalue weighted by Gasteiger charge is 2.29. The first-order chi connectivity index (χ1) is 9.43. The standard InChI is InChI=1S/C16H27NO2S/c1-4-16(14-17-5-2,12-9-13-20(3,18)19)15-10-7-6-8-11-15/h6-8,10-11,17H,4-5,9,12-14H2,1-3H3. The van der Waals surface area contributed by atoms with Crippen LogP contribution in [0.4, 0.5) is 0 Å². The fourth-order valence-corrected chi connectivity index (χ4v) is 3.34. The van der Waals surface area contributed by atoms with Crippen LogP contribution in [-0.2, 0) is 15.3 Å². The van der Waals surface area contributed by atoms with Crippen molar-refractivity contribution in [3.63, 3.8) is 0 Å². The molecule has 1 aromatic carbocycles. The van der Waals surface area contributed by atoms with Crippen LogP contribution >= 0.6 is 0 Å². The minimum atomic E-state index is -2.88. The molecule has 0 heterocycles. The van der Waals surface area contributed by atoms with Gasteiger partial charge in [0.1, 0.15) is 9.84 Å². The fourth-order valence-electron chi connectivity index (χ4n) is 2.67. The zero-order valence-corrected chi connectivity index (χ0v) is 13.7. The van der Waals surface area contributed by atoms with E-state index in [1.807, 2.05) is 6.07 Å². The molecule has 0 saturated carbocycles. The molecule has 0 aromatic heterocycles. The summed E-state index contributed by atoms with van der Waals surface area (Å²) >= 11 is 0. The number of nitrogens with one attached hydrogen (secondary N) is 1. The van der Waals surface area contributed by atoms with Crippen LogP contribution in [0.15, 0.2) is 30.3 Å². The number of rotatable bonds is 9. The molecule has 1 rings (SSSR count). The molecule has 0 radical (unpaired) electrons. The van der Waals surface area contributed by atoms with Crippen LogP contribution in [-0.4, -0.2) is 33.5 Å². The van der Waals surface area contributed by atoms with E-state index in [0.29, 0.717) is 6.42 Å². The highest BCUT2D eigenvalue weighted by molar-refractivity contribution is 7.90. The SMILES string of the molecule is CCNCC(CC)(CCCS(C)(=O)=O)c1ccccc1. The van der Waals surface area contributed by atoms with Crippen molar-refractivity contribution in [3.05, 3.63) is 35.9 Å². The van der Waals surface area contributed by atoms with Crippen molar-refractivity contribution in [3.8, 4) is 0 Å². The molecule has 114 valence electrons. The second kappa shape index (κ2) is 7.79. The van der Waals surface area contributed by atoms with Crippen molar-refractivity contribution in [2.45, 2.75) is 38.5 Å².